The predicted octanol–water partition coefficient (Wildman–Crippen LogP) is 5.57. The van der Waals surface area contributed by atoms with Gasteiger partial charge in [-0.15, -0.1) is 0 Å². The molecule has 0 radical (unpaired) electrons. The molecule has 230 valence electrons. The zero-order chi connectivity index (χ0) is 30.0. The first-order valence-electron chi connectivity index (χ1n) is 15.4. The molecule has 6 atom stereocenters. The molecule has 2 fully saturated rings. The van der Waals surface area contributed by atoms with Gasteiger partial charge in [-0.3, -0.25) is 4.84 Å². The molecule has 0 aliphatic carbocycles. The van der Waals surface area contributed by atoms with Crippen LogP contribution in [0.1, 0.15) is 22.3 Å². The van der Waals surface area contributed by atoms with Gasteiger partial charge in [0, 0.05) is 12.5 Å². The lowest BCUT2D eigenvalue weighted by molar-refractivity contribution is -0.206. The van der Waals surface area contributed by atoms with E-state index in [-0.39, 0.29) is 18.6 Å². The maximum Gasteiger partial charge on any atom is 0.114 e. The van der Waals surface area contributed by atoms with Gasteiger partial charge in [-0.25, -0.2) is 0 Å². The molecule has 44 heavy (non-hydrogen) atoms. The van der Waals surface area contributed by atoms with Crippen molar-refractivity contribution in [2.24, 2.45) is 5.92 Å². The van der Waals surface area contributed by atoms with E-state index in [0.29, 0.717) is 39.6 Å². The Labute approximate surface area is 259 Å². The third kappa shape index (κ3) is 8.00. The second-order valence-corrected chi connectivity index (χ2v) is 11.5. The van der Waals surface area contributed by atoms with Gasteiger partial charge >= 0.3 is 0 Å². The van der Waals surface area contributed by atoms with E-state index in [0.717, 1.165) is 22.3 Å². The number of rotatable bonds is 15. The first-order valence-corrected chi connectivity index (χ1v) is 15.4. The Morgan fingerprint density at radius 3 is 1.77 bits per heavy atom. The molecule has 0 amide bonds. The highest BCUT2D eigenvalue weighted by molar-refractivity contribution is 5.17. The van der Waals surface area contributed by atoms with E-state index >= 15 is 0 Å². The average Bonchev–Trinajstić information content (AvgIpc) is 3.68. The largest absolute Gasteiger partial charge is 0.387 e. The zero-order valence-corrected chi connectivity index (χ0v) is 24.9. The SMILES string of the molecule is O[C@@H]([C@@H](OCc1ccccc1)[C@H]1OC[C@@H]2CON(Cc3ccccc3)[C@@H]21)[C@@H](COCc1ccccc1)OCc1ccccc1. The fourth-order valence-corrected chi connectivity index (χ4v) is 5.98. The molecule has 2 aliphatic rings. The maximum absolute atomic E-state index is 12.1. The quantitative estimate of drug-likeness (QED) is 0.193. The molecule has 4 aromatic rings. The number of nitrogens with zero attached hydrogens (tertiary/aromatic N) is 1. The van der Waals surface area contributed by atoms with Gasteiger partial charge in [0.2, 0.25) is 0 Å². The summed E-state index contributed by atoms with van der Waals surface area (Å²) < 4.78 is 25.6. The van der Waals surface area contributed by atoms with Crippen molar-refractivity contribution < 1.29 is 28.9 Å². The van der Waals surface area contributed by atoms with Crippen molar-refractivity contribution >= 4 is 0 Å². The molecular weight excluding hydrogens is 554 g/mol. The molecular formula is C37H41NO6. The average molecular weight is 596 g/mol. The van der Waals surface area contributed by atoms with E-state index in [9.17, 15) is 5.11 Å². The van der Waals surface area contributed by atoms with E-state index < -0.39 is 24.4 Å². The Morgan fingerprint density at radius 1 is 0.659 bits per heavy atom. The fraction of sp³-hybridized carbons (Fsp3) is 0.351. The topological polar surface area (TPSA) is 69.6 Å². The van der Waals surface area contributed by atoms with Crippen molar-refractivity contribution in [1.29, 1.82) is 0 Å². The molecule has 2 aliphatic heterocycles. The van der Waals surface area contributed by atoms with Crippen molar-refractivity contribution in [3.05, 3.63) is 144 Å². The van der Waals surface area contributed by atoms with Crippen LogP contribution >= 0.6 is 0 Å². The second kappa shape index (κ2) is 15.5. The van der Waals surface area contributed by atoms with Crippen molar-refractivity contribution in [2.75, 3.05) is 19.8 Å². The van der Waals surface area contributed by atoms with Gasteiger partial charge in [-0.05, 0) is 22.3 Å². The molecule has 7 nitrogen and oxygen atoms in total. The fourth-order valence-electron chi connectivity index (χ4n) is 5.98. The minimum absolute atomic E-state index is 0.0781. The van der Waals surface area contributed by atoms with E-state index in [1.807, 2.05) is 114 Å². The number of aliphatic hydroxyl groups excluding tert-OH is 1. The van der Waals surface area contributed by atoms with Crippen LogP contribution in [-0.4, -0.2) is 60.4 Å². The Morgan fingerprint density at radius 2 is 1.18 bits per heavy atom. The number of aliphatic hydroxyl groups is 1. The van der Waals surface area contributed by atoms with Crippen molar-refractivity contribution in [3.63, 3.8) is 0 Å². The highest BCUT2D eigenvalue weighted by Crippen LogP contribution is 2.37. The van der Waals surface area contributed by atoms with E-state index in [1.165, 1.54) is 0 Å². The Bertz CT molecular complexity index is 1380. The van der Waals surface area contributed by atoms with Gasteiger partial charge in [-0.2, -0.15) is 5.06 Å². The van der Waals surface area contributed by atoms with Crippen molar-refractivity contribution in [1.82, 2.24) is 5.06 Å². The van der Waals surface area contributed by atoms with Gasteiger partial charge in [0.15, 0.2) is 0 Å². The molecule has 7 heteroatoms. The predicted molar refractivity (Wildman–Crippen MR) is 167 cm³/mol. The third-order valence-electron chi connectivity index (χ3n) is 8.32. The molecule has 0 spiro atoms. The summed E-state index contributed by atoms with van der Waals surface area (Å²) in [6, 6.07) is 40.2. The number of ether oxygens (including phenoxy) is 4. The summed E-state index contributed by atoms with van der Waals surface area (Å²) in [5, 5.41) is 14.1. The van der Waals surface area contributed by atoms with Crippen LogP contribution in [0.4, 0.5) is 0 Å². The summed E-state index contributed by atoms with van der Waals surface area (Å²) in [6.07, 6.45) is -2.80. The summed E-state index contributed by atoms with van der Waals surface area (Å²) in [4.78, 5) is 6.19. The van der Waals surface area contributed by atoms with Crippen LogP contribution in [0.15, 0.2) is 121 Å². The number of hydrogen-bond acceptors (Lipinski definition) is 7. The van der Waals surface area contributed by atoms with Gasteiger partial charge in [-0.1, -0.05) is 121 Å². The summed E-state index contributed by atoms with van der Waals surface area (Å²) in [6.45, 7) is 3.01. The van der Waals surface area contributed by atoms with Crippen LogP contribution in [0, 0.1) is 5.92 Å². The van der Waals surface area contributed by atoms with Gasteiger partial charge < -0.3 is 24.1 Å². The van der Waals surface area contributed by atoms with Crippen LogP contribution in [0.5, 0.6) is 0 Å². The Kier molecular flexibility index (Phi) is 10.8. The third-order valence-corrected chi connectivity index (χ3v) is 8.32. The molecule has 0 saturated carbocycles. The van der Waals surface area contributed by atoms with Crippen molar-refractivity contribution in [2.45, 2.75) is 56.8 Å². The summed E-state index contributed by atoms with van der Waals surface area (Å²) in [7, 11) is 0. The monoisotopic (exact) mass is 595 g/mol. The molecule has 2 heterocycles. The van der Waals surface area contributed by atoms with Gasteiger partial charge in [0.1, 0.15) is 24.4 Å². The van der Waals surface area contributed by atoms with Crippen LogP contribution in [-0.2, 0) is 50.2 Å². The smallest absolute Gasteiger partial charge is 0.114 e. The molecule has 1 N–H and O–H groups in total. The molecule has 0 unspecified atom stereocenters. The van der Waals surface area contributed by atoms with Gasteiger partial charge in [0.05, 0.1) is 45.7 Å². The summed E-state index contributed by atoms with van der Waals surface area (Å²) in [5.41, 5.74) is 4.25. The first kappa shape index (κ1) is 30.6. The number of fused-ring (bicyclic) bond motifs is 1. The molecule has 4 aromatic carbocycles. The second-order valence-electron chi connectivity index (χ2n) is 11.5. The lowest BCUT2D eigenvalue weighted by Gasteiger charge is -2.36. The van der Waals surface area contributed by atoms with Crippen LogP contribution in [0.3, 0.4) is 0 Å². The minimum atomic E-state index is -1.03. The van der Waals surface area contributed by atoms with Crippen LogP contribution in [0.25, 0.3) is 0 Å². The molecule has 2 saturated heterocycles. The summed E-state index contributed by atoms with van der Waals surface area (Å²) >= 11 is 0. The van der Waals surface area contributed by atoms with Gasteiger partial charge in [0.25, 0.3) is 0 Å². The van der Waals surface area contributed by atoms with E-state index in [2.05, 4.69) is 12.1 Å². The number of hydroxylamine groups is 2. The lowest BCUT2D eigenvalue weighted by Crippen LogP contribution is -2.54. The number of hydrogen-bond donors (Lipinski definition) is 1. The lowest BCUT2D eigenvalue weighted by atomic mass is 9.92. The summed E-state index contributed by atoms with van der Waals surface area (Å²) in [5.74, 6) is 0.178. The normalized spacial score (nSPS) is 22.0. The first-order chi connectivity index (χ1) is 21.7. The van der Waals surface area contributed by atoms with E-state index in [1.54, 1.807) is 0 Å². The highest BCUT2D eigenvalue weighted by atomic mass is 16.7. The van der Waals surface area contributed by atoms with Crippen LogP contribution < -0.4 is 0 Å². The maximum atomic E-state index is 12.1. The Balaban J connectivity index is 1.23. The molecule has 0 aromatic heterocycles. The molecule has 6 rings (SSSR count). The Hall–Kier alpha value is -3.40. The van der Waals surface area contributed by atoms with Crippen LogP contribution in [0.2, 0.25) is 0 Å². The minimum Gasteiger partial charge on any atom is -0.387 e. The standard InChI is InChI=1S/C37H41NO6/c39-35(33(41-23-30-17-9-3-10-18-30)27-40-22-29-15-7-2-8-16-29)37(42-24-31-19-11-4-12-20-31)36-34-32(25-43-36)26-44-38(34)21-28-13-5-1-6-14-28/h1-20,32-37,39H,21-27H2/t32-,33-,34+,35-,36+,37-/m1/s1. The van der Waals surface area contributed by atoms with Crippen molar-refractivity contribution in [3.8, 4) is 0 Å². The zero-order valence-electron chi connectivity index (χ0n) is 24.9. The van der Waals surface area contributed by atoms with E-state index in [4.69, 9.17) is 23.8 Å². The molecule has 0 bridgehead atoms. The highest BCUT2D eigenvalue weighted by Gasteiger charge is 2.52. The number of benzene rings is 4.